The Morgan fingerprint density at radius 2 is 1.37 bits per heavy atom. The number of esters is 1. The highest BCUT2D eigenvalue weighted by Crippen LogP contribution is 2.22. The van der Waals surface area contributed by atoms with Crippen LogP contribution in [0.2, 0.25) is 0 Å². The molecule has 0 radical (unpaired) electrons. The number of hydrogen-bond donors (Lipinski definition) is 0. The summed E-state index contributed by atoms with van der Waals surface area (Å²) in [5.41, 5.74) is 0.582. The van der Waals surface area contributed by atoms with Gasteiger partial charge in [-0.1, -0.05) is 42.5 Å². The minimum Gasteiger partial charge on any atom is -0.490 e. The smallest absolute Gasteiger partial charge is 0.347 e. The average molecular weight is 362 g/mol. The minimum atomic E-state index is -0.594. The van der Waals surface area contributed by atoms with Gasteiger partial charge in [-0.3, -0.25) is 4.79 Å². The normalized spacial score (nSPS) is 10.1. The van der Waals surface area contributed by atoms with Crippen LogP contribution in [0.3, 0.4) is 0 Å². The lowest BCUT2D eigenvalue weighted by Gasteiger charge is -2.12. The van der Waals surface area contributed by atoms with Gasteiger partial charge in [-0.25, -0.2) is 4.79 Å². The van der Waals surface area contributed by atoms with E-state index in [-0.39, 0.29) is 17.9 Å². The van der Waals surface area contributed by atoms with E-state index < -0.39 is 5.97 Å². The van der Waals surface area contributed by atoms with E-state index in [0.717, 1.165) is 5.75 Å². The molecule has 3 rings (SSSR count). The van der Waals surface area contributed by atoms with Crippen LogP contribution in [0.4, 0.5) is 0 Å². The maximum absolute atomic E-state index is 12.5. The molecule has 3 aromatic rings. The lowest BCUT2D eigenvalue weighted by Crippen LogP contribution is -2.14. The van der Waals surface area contributed by atoms with Crippen molar-refractivity contribution in [2.24, 2.45) is 0 Å². The fourth-order valence-electron chi connectivity index (χ4n) is 2.41. The van der Waals surface area contributed by atoms with E-state index in [4.69, 9.17) is 14.2 Å². The second kappa shape index (κ2) is 9.20. The first kappa shape index (κ1) is 18.2. The van der Waals surface area contributed by atoms with Crippen molar-refractivity contribution in [2.45, 2.75) is 0 Å². The molecule has 5 heteroatoms. The molecule has 3 aromatic carbocycles. The van der Waals surface area contributed by atoms with E-state index in [1.165, 1.54) is 0 Å². The fourth-order valence-corrected chi connectivity index (χ4v) is 2.41. The third kappa shape index (κ3) is 4.95. The number of rotatable bonds is 8. The zero-order valence-electron chi connectivity index (χ0n) is 14.5. The van der Waals surface area contributed by atoms with Gasteiger partial charge in [0.25, 0.3) is 0 Å². The van der Waals surface area contributed by atoms with Gasteiger partial charge in [-0.15, -0.1) is 0 Å². The summed E-state index contributed by atoms with van der Waals surface area (Å²) in [5.74, 6) is 0.755. The highest BCUT2D eigenvalue weighted by atomic mass is 16.5. The molecule has 0 atom stereocenters. The van der Waals surface area contributed by atoms with Gasteiger partial charge in [0.2, 0.25) is 0 Å². The highest BCUT2D eigenvalue weighted by Gasteiger charge is 2.16. The Morgan fingerprint density at radius 1 is 0.741 bits per heavy atom. The first-order chi connectivity index (χ1) is 13.3. The monoisotopic (exact) mass is 362 g/mol. The Morgan fingerprint density at radius 3 is 2.15 bits per heavy atom. The highest BCUT2D eigenvalue weighted by molar-refractivity contribution is 5.95. The van der Waals surface area contributed by atoms with E-state index >= 15 is 0 Å². The molecule has 5 nitrogen and oxygen atoms in total. The van der Waals surface area contributed by atoms with Crippen molar-refractivity contribution in [3.63, 3.8) is 0 Å². The topological polar surface area (TPSA) is 61.8 Å². The molecule has 0 aliphatic heterocycles. The van der Waals surface area contributed by atoms with Crippen LogP contribution in [0.25, 0.3) is 0 Å². The van der Waals surface area contributed by atoms with E-state index in [1.54, 1.807) is 48.5 Å². The van der Waals surface area contributed by atoms with Crippen LogP contribution in [0.5, 0.6) is 17.2 Å². The largest absolute Gasteiger partial charge is 0.490 e. The minimum absolute atomic E-state index is 0.208. The molecule has 136 valence electrons. The second-order valence-electron chi connectivity index (χ2n) is 5.55. The van der Waals surface area contributed by atoms with Crippen molar-refractivity contribution in [1.29, 1.82) is 0 Å². The van der Waals surface area contributed by atoms with Gasteiger partial charge < -0.3 is 14.2 Å². The predicted octanol–water partition coefficient (Wildman–Crippen LogP) is 4.18. The van der Waals surface area contributed by atoms with Gasteiger partial charge in [0.05, 0.1) is 5.56 Å². The first-order valence-electron chi connectivity index (χ1n) is 8.44. The van der Waals surface area contributed by atoms with Crippen molar-refractivity contribution >= 4 is 12.3 Å². The molecular weight excluding hydrogens is 344 g/mol. The van der Waals surface area contributed by atoms with Crippen LogP contribution in [-0.2, 0) is 0 Å². The van der Waals surface area contributed by atoms with Crippen molar-refractivity contribution in [3.05, 3.63) is 90.0 Å². The number of carbonyl (C=O) groups excluding carboxylic acids is 2. The molecule has 0 bridgehead atoms. The Labute approximate surface area is 157 Å². The van der Waals surface area contributed by atoms with Crippen LogP contribution in [0.1, 0.15) is 20.7 Å². The zero-order valence-corrected chi connectivity index (χ0v) is 14.5. The second-order valence-corrected chi connectivity index (χ2v) is 5.55. The third-order valence-electron chi connectivity index (χ3n) is 3.71. The Bertz CT molecular complexity index is 905. The maximum atomic E-state index is 12.5. The summed E-state index contributed by atoms with van der Waals surface area (Å²) < 4.78 is 16.6. The average Bonchev–Trinajstić information content (AvgIpc) is 2.72. The van der Waals surface area contributed by atoms with Crippen LogP contribution in [0.15, 0.2) is 78.9 Å². The molecule has 0 saturated carbocycles. The maximum Gasteiger partial charge on any atom is 0.347 e. The number of benzene rings is 3. The van der Waals surface area contributed by atoms with E-state index in [9.17, 15) is 9.59 Å². The van der Waals surface area contributed by atoms with Crippen LogP contribution in [-0.4, -0.2) is 25.5 Å². The molecule has 0 aromatic heterocycles. The number of aldehydes is 1. The van der Waals surface area contributed by atoms with E-state index in [2.05, 4.69) is 0 Å². The van der Waals surface area contributed by atoms with Crippen LogP contribution < -0.4 is 14.2 Å². The summed E-state index contributed by atoms with van der Waals surface area (Å²) in [5, 5.41) is 0. The van der Waals surface area contributed by atoms with Crippen LogP contribution >= 0.6 is 0 Å². The quantitative estimate of drug-likeness (QED) is 0.260. The third-order valence-corrected chi connectivity index (χ3v) is 3.71. The van der Waals surface area contributed by atoms with Gasteiger partial charge in [0.15, 0.2) is 6.29 Å². The lowest BCUT2D eigenvalue weighted by molar-refractivity contribution is 0.0728. The van der Waals surface area contributed by atoms with E-state index in [1.807, 2.05) is 30.3 Å². The standard InChI is InChI=1S/C22H18O5/c23-16-17-8-4-6-12-20(17)27-22(24)19-11-5-7-13-21(19)26-15-14-25-18-9-2-1-3-10-18/h1-13,16H,14-15H2. The molecule has 0 amide bonds. The number of ether oxygens (including phenoxy) is 3. The molecule has 0 aliphatic rings. The summed E-state index contributed by atoms with van der Waals surface area (Å²) in [7, 11) is 0. The van der Waals surface area contributed by atoms with E-state index in [0.29, 0.717) is 24.2 Å². The van der Waals surface area contributed by atoms with Crippen molar-refractivity contribution in [3.8, 4) is 17.2 Å². The van der Waals surface area contributed by atoms with Crippen molar-refractivity contribution in [1.82, 2.24) is 0 Å². The Hall–Kier alpha value is -3.60. The summed E-state index contributed by atoms with van der Waals surface area (Å²) in [6, 6.07) is 22.7. The summed E-state index contributed by atoms with van der Waals surface area (Å²) in [6.07, 6.45) is 0.645. The molecule has 0 spiro atoms. The first-order valence-corrected chi connectivity index (χ1v) is 8.44. The molecule has 0 N–H and O–H groups in total. The Kier molecular flexibility index (Phi) is 6.20. The van der Waals surface area contributed by atoms with Crippen molar-refractivity contribution in [2.75, 3.05) is 13.2 Å². The molecule has 0 heterocycles. The summed E-state index contributed by atoms with van der Waals surface area (Å²) >= 11 is 0. The zero-order chi connectivity index (χ0) is 18.9. The van der Waals surface area contributed by atoms with Crippen LogP contribution in [0, 0.1) is 0 Å². The van der Waals surface area contributed by atoms with Crippen molar-refractivity contribution < 1.29 is 23.8 Å². The molecular formula is C22H18O5. The molecule has 0 saturated heterocycles. The summed E-state index contributed by atoms with van der Waals surface area (Å²) in [4.78, 5) is 23.6. The number of para-hydroxylation sites is 3. The molecule has 0 aliphatic carbocycles. The lowest BCUT2D eigenvalue weighted by atomic mass is 10.2. The van der Waals surface area contributed by atoms with Gasteiger partial charge in [0, 0.05) is 0 Å². The van der Waals surface area contributed by atoms with Gasteiger partial charge in [-0.2, -0.15) is 0 Å². The summed E-state index contributed by atoms with van der Waals surface area (Å²) in [6.45, 7) is 0.603. The SMILES string of the molecule is O=Cc1ccccc1OC(=O)c1ccccc1OCCOc1ccccc1. The van der Waals surface area contributed by atoms with Gasteiger partial charge >= 0.3 is 5.97 Å². The molecule has 0 unspecified atom stereocenters. The van der Waals surface area contributed by atoms with Gasteiger partial charge in [0.1, 0.15) is 36.0 Å². The molecule has 0 fully saturated rings. The Balaban J connectivity index is 1.63. The number of carbonyl (C=O) groups is 2. The number of hydrogen-bond acceptors (Lipinski definition) is 5. The molecule has 27 heavy (non-hydrogen) atoms. The fraction of sp³-hybridized carbons (Fsp3) is 0.0909. The predicted molar refractivity (Wildman–Crippen MR) is 101 cm³/mol. The van der Waals surface area contributed by atoms with Gasteiger partial charge in [-0.05, 0) is 36.4 Å².